The molecule has 2 unspecified atom stereocenters. The van der Waals surface area contributed by atoms with Gasteiger partial charge >= 0.3 is 154 Å². The molecular weight excluding hydrogens is 966 g/mol. The SMILES string of the molecule is CC1(C)C(C=C/C=C2\C(C)(C)c3cc(S(=O)(=O)CCS(=O)(=O)[O-])ccc3[N+]23CC3S(=O)(=O)[O-])=[N+](CCS(=O)(=O)[O-])c2ccc(SOOCCSOO[O-])cc21.[K+].[K+].[K+]. The average molecular weight is 1000 g/mol. The Kier molecular flexibility index (Phi) is 21.5. The van der Waals surface area contributed by atoms with Crippen LogP contribution in [0.1, 0.15) is 38.8 Å². The normalized spacial score (nSPS) is 21.4. The van der Waals surface area contributed by atoms with Crippen LogP contribution in [0.25, 0.3) is 0 Å². The number of hydrogen-bond donors (Lipinski definition) is 0. The van der Waals surface area contributed by atoms with Crippen LogP contribution < -0.4 is 164 Å². The number of sulfone groups is 1. The molecule has 2 aromatic rings. The van der Waals surface area contributed by atoms with Crippen molar-refractivity contribution in [2.24, 2.45) is 0 Å². The number of nitrogens with zero attached hydrogens (tertiary/aromatic N) is 2. The smallest absolute Gasteiger partial charge is 0.748 e. The van der Waals surface area contributed by atoms with Gasteiger partial charge in [0.2, 0.25) is 11.1 Å². The second-order valence-corrected chi connectivity index (χ2v) is 22.1. The molecule has 1 saturated heterocycles. The van der Waals surface area contributed by atoms with Crippen molar-refractivity contribution in [1.82, 2.24) is 4.48 Å². The van der Waals surface area contributed by atoms with E-state index < -0.39 is 78.1 Å². The second-order valence-electron chi connectivity index (χ2n) is 13.8. The minimum absolute atomic E-state index is 0. The van der Waals surface area contributed by atoms with Crippen molar-refractivity contribution in [1.29, 1.82) is 0 Å². The first-order valence-electron chi connectivity index (χ1n) is 16.2. The van der Waals surface area contributed by atoms with Crippen molar-refractivity contribution >= 4 is 81.4 Å². The van der Waals surface area contributed by atoms with E-state index in [1.165, 1.54) is 18.2 Å². The van der Waals surface area contributed by atoms with Crippen LogP contribution in [0, 0.1) is 0 Å². The molecule has 0 radical (unpaired) electrons. The molecule has 0 aliphatic carbocycles. The summed E-state index contributed by atoms with van der Waals surface area (Å²) in [7, 11) is -18.6. The molecule has 2 atom stereocenters. The Morgan fingerprint density at radius 2 is 1.50 bits per heavy atom. The fourth-order valence-electron chi connectivity index (χ4n) is 7.11. The van der Waals surface area contributed by atoms with Crippen molar-refractivity contribution < 1.29 is 230 Å². The molecule has 0 N–H and O–H groups in total. The molecule has 0 bridgehead atoms. The van der Waals surface area contributed by atoms with E-state index in [4.69, 9.17) is 9.22 Å². The van der Waals surface area contributed by atoms with Gasteiger partial charge < -0.3 is 18.9 Å². The van der Waals surface area contributed by atoms with Crippen molar-refractivity contribution in [2.45, 2.75) is 53.7 Å². The van der Waals surface area contributed by atoms with Gasteiger partial charge in [0.15, 0.2) is 38.8 Å². The van der Waals surface area contributed by atoms with Gasteiger partial charge in [0, 0.05) is 52.0 Å². The monoisotopic (exact) mass is 1000 g/mol. The molecule has 27 heteroatoms. The van der Waals surface area contributed by atoms with Gasteiger partial charge in [-0.15, -0.1) is 0 Å². The van der Waals surface area contributed by atoms with E-state index in [2.05, 4.69) is 9.37 Å². The van der Waals surface area contributed by atoms with Crippen molar-refractivity contribution in [3.05, 3.63) is 71.5 Å². The summed E-state index contributed by atoms with van der Waals surface area (Å²) in [6.07, 6.45) is 4.92. The molecule has 0 aromatic heterocycles. The molecule has 1 fully saturated rings. The maximum absolute atomic E-state index is 13.0. The summed E-state index contributed by atoms with van der Waals surface area (Å²) in [5.74, 6) is -2.59. The Balaban J connectivity index is 0.00000387. The summed E-state index contributed by atoms with van der Waals surface area (Å²) < 4.78 is 143. The maximum atomic E-state index is 13.0. The minimum Gasteiger partial charge on any atom is -0.748 e. The van der Waals surface area contributed by atoms with Crippen LogP contribution in [-0.4, -0.2) is 106 Å². The van der Waals surface area contributed by atoms with Gasteiger partial charge in [-0.1, -0.05) is 6.08 Å². The van der Waals surface area contributed by atoms with Crippen LogP contribution in [-0.2, 0) is 69.6 Å². The number of allylic oxidation sites excluding steroid dienone is 4. The third-order valence-corrected chi connectivity index (χ3v) is 15.3. The summed E-state index contributed by atoms with van der Waals surface area (Å²) in [5.41, 5.74) is 1.23. The van der Waals surface area contributed by atoms with Crippen molar-refractivity contribution in [2.75, 3.05) is 42.7 Å². The zero-order valence-corrected chi connectivity index (χ0v) is 46.9. The molecule has 0 amide bonds. The summed E-state index contributed by atoms with van der Waals surface area (Å²) >= 11 is 1.61. The van der Waals surface area contributed by atoms with E-state index in [9.17, 15) is 52.6 Å². The number of benzene rings is 2. The number of hydrogen-bond acceptors (Lipinski definition) is 18. The largest absolute Gasteiger partial charge is 1.00 e. The zero-order valence-electron chi connectivity index (χ0n) is 32.6. The van der Waals surface area contributed by atoms with E-state index in [-0.39, 0.29) is 184 Å². The first-order chi connectivity index (χ1) is 25.4. The van der Waals surface area contributed by atoms with Crippen LogP contribution >= 0.6 is 24.1 Å². The molecule has 3 aliphatic heterocycles. The van der Waals surface area contributed by atoms with Crippen LogP contribution in [0.2, 0.25) is 0 Å². The van der Waals surface area contributed by atoms with Gasteiger partial charge in [-0.25, -0.2) is 43.0 Å². The minimum atomic E-state index is -4.86. The Hall–Kier alpha value is 2.64. The molecule has 58 heavy (non-hydrogen) atoms. The van der Waals surface area contributed by atoms with E-state index in [1.807, 2.05) is 13.8 Å². The molecule has 2 aromatic carbocycles. The molecule has 5 rings (SSSR count). The average Bonchev–Trinajstić information content (AvgIpc) is 3.76. The summed E-state index contributed by atoms with van der Waals surface area (Å²) in [5, 5.41) is 11.7. The van der Waals surface area contributed by atoms with Crippen molar-refractivity contribution in [3.63, 3.8) is 0 Å². The Labute approximate surface area is 474 Å². The first-order valence-corrected chi connectivity index (χ1v) is 24.1. The van der Waals surface area contributed by atoms with Gasteiger partial charge in [-0.3, -0.25) is 5.04 Å². The van der Waals surface area contributed by atoms with Gasteiger partial charge in [-0.05, 0) is 58.0 Å². The van der Waals surface area contributed by atoms with E-state index >= 15 is 0 Å². The summed E-state index contributed by atoms with van der Waals surface area (Å²) in [6, 6.07) is 9.11. The third kappa shape index (κ3) is 13.2. The molecule has 3 aliphatic rings. The fraction of sp³-hybridized carbons (Fsp3) is 0.452. The zero-order chi connectivity index (χ0) is 40.8. The van der Waals surface area contributed by atoms with Crippen LogP contribution in [0.15, 0.2) is 70.1 Å². The third-order valence-electron chi connectivity index (χ3n) is 9.68. The predicted molar refractivity (Wildman–Crippen MR) is 195 cm³/mol. The number of fused-ring (bicyclic) bond motifs is 3. The molecule has 3 heterocycles. The van der Waals surface area contributed by atoms with Crippen LogP contribution in [0.3, 0.4) is 0 Å². The van der Waals surface area contributed by atoms with Crippen LogP contribution in [0.5, 0.6) is 0 Å². The molecule has 1 spiro atoms. The first kappa shape index (κ1) is 56.8. The Morgan fingerprint density at radius 1 is 0.845 bits per heavy atom. The number of rotatable bonds is 18. The molecule has 0 saturated carbocycles. The summed E-state index contributed by atoms with van der Waals surface area (Å²) in [6.45, 7) is 6.92. The molecular formula is C31H36K3N2O16S6+. The van der Waals surface area contributed by atoms with Crippen molar-refractivity contribution in [3.8, 4) is 0 Å². The van der Waals surface area contributed by atoms with Gasteiger partial charge in [0.1, 0.15) is 21.5 Å². The van der Waals surface area contributed by atoms with E-state index in [0.29, 0.717) is 33.2 Å². The maximum Gasteiger partial charge on any atom is 1.00 e. The van der Waals surface area contributed by atoms with Gasteiger partial charge in [0.25, 0.3) is 0 Å². The Morgan fingerprint density at radius 3 is 2.09 bits per heavy atom. The number of quaternary nitrogens is 1. The van der Waals surface area contributed by atoms with Gasteiger partial charge in [0.05, 0.1) is 61.8 Å². The molecule has 18 nitrogen and oxygen atoms in total. The van der Waals surface area contributed by atoms with E-state index in [0.717, 1.165) is 29.6 Å². The Bertz CT molecular complexity index is 2410. The van der Waals surface area contributed by atoms with E-state index in [1.54, 1.807) is 54.9 Å². The van der Waals surface area contributed by atoms with Gasteiger partial charge in [-0.2, -0.15) is 13.2 Å². The predicted octanol–water partition coefficient (Wildman–Crippen LogP) is -7.61. The van der Waals surface area contributed by atoms with Crippen LogP contribution in [0.4, 0.5) is 11.4 Å². The summed E-state index contributed by atoms with van der Waals surface area (Å²) in [4.78, 5) is 5.40. The second kappa shape index (κ2) is 22.0. The quantitative estimate of drug-likeness (QED) is 0.0154. The standard InChI is InChI=1S/C31H38N2O16S6.3K/c1-30(2)23-18-21(51-48-46-13-14-50-49-47-34)8-10-25(23)32(12-15-53(37,38)39)27(30)6-5-7-28-31(3,4)24-19-22(52(35,36)16-17-54(40,41)42)9-11-26(24)33(28)20-29(33)55(43,44)45;;;/h5-11,18-19,29H,12-17,20H2,1-4H3,(H2-2,34,37,38,39,40,41,42,43,44,45);;;/q;3*+1/p-2/b6-5?,28-7+;;;. The molecule has 304 valence electrons. The fourth-order valence-corrected chi connectivity index (χ4v) is 11.8. The topological polar surface area (TPSA) is 269 Å².